The zero-order chi connectivity index (χ0) is 17.0. The Morgan fingerprint density at radius 1 is 1.09 bits per heavy atom. The molecule has 7 heteroatoms. The lowest BCUT2D eigenvalue weighted by Crippen LogP contribution is -2.24. The van der Waals surface area contributed by atoms with Crippen molar-refractivity contribution in [2.75, 3.05) is 14.2 Å². The third-order valence-corrected chi connectivity index (χ3v) is 5.29. The first-order chi connectivity index (χ1) is 10.9. The van der Waals surface area contributed by atoms with Crippen LogP contribution in [0.5, 0.6) is 11.5 Å². The molecule has 0 aliphatic heterocycles. The average Bonchev–Trinajstić information content (AvgIpc) is 2.53. The number of aryl methyl sites for hydroxylation is 1. The summed E-state index contributed by atoms with van der Waals surface area (Å²) in [5, 5.41) is 0.513. The van der Waals surface area contributed by atoms with E-state index in [0.29, 0.717) is 27.6 Å². The highest BCUT2D eigenvalue weighted by atomic mass is 35.5. The molecule has 5 nitrogen and oxygen atoms in total. The van der Waals surface area contributed by atoms with E-state index >= 15 is 0 Å². The molecule has 0 unspecified atom stereocenters. The monoisotopic (exact) mass is 355 g/mol. The van der Waals surface area contributed by atoms with Gasteiger partial charge in [0.15, 0.2) is 11.5 Å². The molecule has 1 N–H and O–H groups in total. The summed E-state index contributed by atoms with van der Waals surface area (Å²) >= 11 is 6.05. The minimum atomic E-state index is -3.71. The van der Waals surface area contributed by atoms with Crippen molar-refractivity contribution < 1.29 is 17.9 Å². The molecule has 0 atom stereocenters. The lowest BCUT2D eigenvalue weighted by molar-refractivity contribution is 0.353. The molecule has 0 amide bonds. The summed E-state index contributed by atoms with van der Waals surface area (Å²) < 4.78 is 38.0. The summed E-state index contributed by atoms with van der Waals surface area (Å²) in [5.74, 6) is 0.839. The quantitative estimate of drug-likeness (QED) is 0.864. The van der Waals surface area contributed by atoms with E-state index in [1.54, 1.807) is 37.3 Å². The molecular formula is C16H18ClNO4S. The molecule has 0 saturated heterocycles. The van der Waals surface area contributed by atoms with Crippen LogP contribution in [0.25, 0.3) is 0 Å². The van der Waals surface area contributed by atoms with Crippen LogP contribution in [-0.2, 0) is 16.6 Å². The molecule has 0 saturated carbocycles. The van der Waals surface area contributed by atoms with Gasteiger partial charge in [-0.2, -0.15) is 0 Å². The smallest absolute Gasteiger partial charge is 0.241 e. The van der Waals surface area contributed by atoms with E-state index in [0.717, 1.165) is 0 Å². The van der Waals surface area contributed by atoms with Crippen LogP contribution in [0.15, 0.2) is 41.3 Å². The van der Waals surface area contributed by atoms with Gasteiger partial charge in [-0.3, -0.25) is 0 Å². The summed E-state index contributed by atoms with van der Waals surface area (Å²) in [4.78, 5) is 0.141. The number of ether oxygens (including phenoxy) is 2. The number of sulfonamides is 1. The van der Waals surface area contributed by atoms with Gasteiger partial charge in [0, 0.05) is 17.6 Å². The Bertz CT molecular complexity index is 806. The molecule has 0 fully saturated rings. The van der Waals surface area contributed by atoms with Crippen molar-refractivity contribution in [2.24, 2.45) is 0 Å². The molecule has 0 aliphatic rings. The van der Waals surface area contributed by atoms with Crippen LogP contribution in [0.3, 0.4) is 0 Å². The second kappa shape index (κ2) is 7.21. The Morgan fingerprint density at radius 3 is 2.30 bits per heavy atom. The van der Waals surface area contributed by atoms with Crippen LogP contribution < -0.4 is 14.2 Å². The van der Waals surface area contributed by atoms with E-state index in [4.69, 9.17) is 21.1 Å². The molecule has 0 bridgehead atoms. The van der Waals surface area contributed by atoms with Crippen LogP contribution in [0, 0.1) is 6.92 Å². The van der Waals surface area contributed by atoms with E-state index in [1.807, 2.05) is 0 Å². The van der Waals surface area contributed by atoms with Crippen LogP contribution >= 0.6 is 11.6 Å². The molecule has 0 heterocycles. The van der Waals surface area contributed by atoms with Crippen molar-refractivity contribution in [3.63, 3.8) is 0 Å². The minimum absolute atomic E-state index is 0.107. The van der Waals surface area contributed by atoms with Gasteiger partial charge in [-0.25, -0.2) is 13.1 Å². The maximum absolute atomic E-state index is 12.6. The second-order valence-electron chi connectivity index (χ2n) is 4.89. The SMILES string of the molecule is COc1cc(C)c(S(=O)(=O)NCc2ccccc2Cl)cc1OC. The lowest BCUT2D eigenvalue weighted by Gasteiger charge is -2.14. The Morgan fingerprint density at radius 2 is 1.70 bits per heavy atom. The molecule has 0 radical (unpaired) electrons. The van der Waals surface area contributed by atoms with Gasteiger partial charge in [0.05, 0.1) is 19.1 Å². The highest BCUT2D eigenvalue weighted by Crippen LogP contribution is 2.32. The fourth-order valence-electron chi connectivity index (χ4n) is 2.14. The zero-order valence-electron chi connectivity index (χ0n) is 13.1. The number of rotatable bonds is 6. The summed E-state index contributed by atoms with van der Waals surface area (Å²) in [6.07, 6.45) is 0. The number of hydrogen-bond donors (Lipinski definition) is 1. The average molecular weight is 356 g/mol. The summed E-state index contributed by atoms with van der Waals surface area (Å²) in [7, 11) is -0.747. The summed E-state index contributed by atoms with van der Waals surface area (Å²) in [5.41, 5.74) is 1.27. The van der Waals surface area contributed by atoms with Gasteiger partial charge in [0.2, 0.25) is 10.0 Å². The molecule has 0 aliphatic carbocycles. The van der Waals surface area contributed by atoms with E-state index in [-0.39, 0.29) is 11.4 Å². The van der Waals surface area contributed by atoms with Crippen LogP contribution in [0.4, 0.5) is 0 Å². The number of hydrogen-bond acceptors (Lipinski definition) is 4. The predicted molar refractivity (Wildman–Crippen MR) is 89.8 cm³/mol. The van der Waals surface area contributed by atoms with Gasteiger partial charge in [-0.05, 0) is 30.2 Å². The topological polar surface area (TPSA) is 64.6 Å². The van der Waals surface area contributed by atoms with Crippen molar-refractivity contribution >= 4 is 21.6 Å². The largest absolute Gasteiger partial charge is 0.493 e. The minimum Gasteiger partial charge on any atom is -0.493 e. The molecule has 0 aromatic heterocycles. The number of nitrogens with one attached hydrogen (secondary N) is 1. The van der Waals surface area contributed by atoms with Gasteiger partial charge in [-0.15, -0.1) is 0 Å². The normalized spacial score (nSPS) is 11.3. The van der Waals surface area contributed by atoms with Crippen molar-refractivity contribution in [1.29, 1.82) is 0 Å². The van der Waals surface area contributed by atoms with Crippen LogP contribution in [0.2, 0.25) is 5.02 Å². The van der Waals surface area contributed by atoms with Gasteiger partial charge in [-0.1, -0.05) is 29.8 Å². The molecule has 2 aromatic rings. The van der Waals surface area contributed by atoms with Crippen molar-refractivity contribution in [1.82, 2.24) is 4.72 Å². The summed E-state index contributed by atoms with van der Waals surface area (Å²) in [6, 6.07) is 10.2. The Hall–Kier alpha value is -1.76. The highest BCUT2D eigenvalue weighted by Gasteiger charge is 2.20. The fraction of sp³-hybridized carbons (Fsp3) is 0.250. The van der Waals surface area contributed by atoms with Crippen molar-refractivity contribution in [2.45, 2.75) is 18.4 Å². The fourth-order valence-corrected chi connectivity index (χ4v) is 3.59. The first-order valence-corrected chi connectivity index (χ1v) is 8.71. The lowest BCUT2D eigenvalue weighted by atomic mass is 10.2. The van der Waals surface area contributed by atoms with Gasteiger partial charge < -0.3 is 9.47 Å². The molecule has 0 spiro atoms. The first kappa shape index (κ1) is 17.6. The summed E-state index contributed by atoms with van der Waals surface area (Å²) in [6.45, 7) is 1.81. The molecule has 124 valence electrons. The van der Waals surface area contributed by atoms with E-state index in [2.05, 4.69) is 4.72 Å². The molecule has 2 aromatic carbocycles. The number of halogens is 1. The highest BCUT2D eigenvalue weighted by molar-refractivity contribution is 7.89. The zero-order valence-corrected chi connectivity index (χ0v) is 14.7. The Kier molecular flexibility index (Phi) is 5.51. The maximum atomic E-state index is 12.6. The van der Waals surface area contributed by atoms with Crippen molar-refractivity contribution in [3.8, 4) is 11.5 Å². The first-order valence-electron chi connectivity index (χ1n) is 6.84. The van der Waals surface area contributed by atoms with Gasteiger partial charge in [0.1, 0.15) is 0 Å². The predicted octanol–water partition coefficient (Wildman–Crippen LogP) is 3.14. The van der Waals surface area contributed by atoms with E-state index in [9.17, 15) is 8.42 Å². The van der Waals surface area contributed by atoms with Crippen molar-refractivity contribution in [3.05, 3.63) is 52.5 Å². The molecule has 2 rings (SSSR count). The number of methoxy groups -OCH3 is 2. The van der Waals surface area contributed by atoms with E-state index in [1.165, 1.54) is 20.3 Å². The standard InChI is InChI=1S/C16H18ClNO4S/c1-11-8-14(21-2)15(22-3)9-16(11)23(19,20)18-10-12-6-4-5-7-13(12)17/h4-9,18H,10H2,1-3H3. The Labute approximate surface area is 141 Å². The molecule has 23 heavy (non-hydrogen) atoms. The second-order valence-corrected chi connectivity index (χ2v) is 7.03. The van der Waals surface area contributed by atoms with Gasteiger partial charge >= 0.3 is 0 Å². The Balaban J connectivity index is 2.31. The van der Waals surface area contributed by atoms with E-state index < -0.39 is 10.0 Å². The third kappa shape index (κ3) is 3.96. The third-order valence-electron chi connectivity index (χ3n) is 3.38. The van der Waals surface area contributed by atoms with Crippen LogP contribution in [0.1, 0.15) is 11.1 Å². The maximum Gasteiger partial charge on any atom is 0.241 e. The van der Waals surface area contributed by atoms with Gasteiger partial charge in [0.25, 0.3) is 0 Å². The van der Waals surface area contributed by atoms with Crippen LogP contribution in [-0.4, -0.2) is 22.6 Å². The molecular weight excluding hydrogens is 338 g/mol. The number of benzene rings is 2.